The summed E-state index contributed by atoms with van der Waals surface area (Å²) in [4.78, 5) is 0.472. The monoisotopic (exact) mass is 381 g/mol. The second-order valence-electron chi connectivity index (χ2n) is 8.79. The van der Waals surface area contributed by atoms with Crippen LogP contribution in [0.2, 0.25) is 0 Å². The van der Waals surface area contributed by atoms with Gasteiger partial charge in [-0.15, -0.1) is 11.6 Å². The van der Waals surface area contributed by atoms with Crippen molar-refractivity contribution in [2.75, 3.05) is 0 Å². The van der Waals surface area contributed by atoms with Crippen LogP contribution in [0.5, 0.6) is 0 Å². The van der Waals surface area contributed by atoms with E-state index in [4.69, 9.17) is 29.6 Å². The van der Waals surface area contributed by atoms with Crippen LogP contribution in [0.3, 0.4) is 0 Å². The fourth-order valence-corrected chi connectivity index (χ4v) is 7.55. The van der Waals surface area contributed by atoms with E-state index >= 15 is 0 Å². The van der Waals surface area contributed by atoms with Crippen molar-refractivity contribution >= 4 is 28.8 Å². The molecule has 0 heterocycles. The quantitative estimate of drug-likeness (QED) is 0.578. The number of benzene rings is 2. The normalized spacial score (nSPS) is 40.0. The molecule has 4 saturated carbocycles. The molecule has 6 rings (SSSR count). The number of nitrogens with two attached hydrogens (primary N) is 1. The number of halogens is 1. The Morgan fingerprint density at radius 1 is 1.00 bits per heavy atom. The number of hydrogen-bond acceptors (Lipinski definition) is 1. The van der Waals surface area contributed by atoms with Crippen LogP contribution in [-0.2, 0) is 11.8 Å². The Hall–Kier alpha value is -1.38. The van der Waals surface area contributed by atoms with Gasteiger partial charge in [0.15, 0.2) is 0 Å². The zero-order chi connectivity index (χ0) is 18.0. The zero-order valence-corrected chi connectivity index (χ0v) is 16.4. The molecule has 1 nitrogen and oxygen atoms in total. The Morgan fingerprint density at radius 2 is 1.65 bits per heavy atom. The molecular formula is C23H24ClNS. The molecule has 0 aliphatic heterocycles. The van der Waals surface area contributed by atoms with Crippen LogP contribution in [0, 0.1) is 17.3 Å². The maximum atomic E-state index is 7.46. The van der Waals surface area contributed by atoms with Crippen LogP contribution in [0.15, 0.2) is 60.7 Å². The Labute approximate surface area is 165 Å². The summed E-state index contributed by atoms with van der Waals surface area (Å²) in [5, 5.41) is 0. The molecule has 2 aromatic rings. The van der Waals surface area contributed by atoms with Crippen molar-refractivity contribution < 1.29 is 0 Å². The highest BCUT2D eigenvalue weighted by Gasteiger charge is 2.74. The van der Waals surface area contributed by atoms with Crippen LogP contribution in [0.25, 0.3) is 0 Å². The summed E-state index contributed by atoms with van der Waals surface area (Å²) >= 11 is 13.1. The standard InChI is InChI=1S/C23H24ClNS/c24-23(11-16-7-3-1-4-8-16)18-12-21(17-9-5-2-6-10-17)14-19(23)22(13-18,15-21)20(25)26/h1-10,18-19H,11-15H2,(H2,25,26)/t18-,19?,21?,22?,23?/m0/s1. The summed E-state index contributed by atoms with van der Waals surface area (Å²) in [6.07, 6.45) is 5.33. The molecule has 4 unspecified atom stereocenters. The summed E-state index contributed by atoms with van der Waals surface area (Å²) in [7, 11) is 0. The summed E-state index contributed by atoms with van der Waals surface area (Å²) in [5.41, 5.74) is 9.29. The Bertz CT molecular complexity index is 853. The average Bonchev–Trinajstić information content (AvgIpc) is 3.00. The first kappa shape index (κ1) is 16.8. The lowest BCUT2D eigenvalue weighted by atomic mass is 9.61. The maximum absolute atomic E-state index is 7.46. The van der Waals surface area contributed by atoms with E-state index in [9.17, 15) is 0 Å². The second-order valence-corrected chi connectivity index (χ2v) is 9.94. The van der Waals surface area contributed by atoms with Gasteiger partial charge in [0, 0.05) is 5.41 Å². The van der Waals surface area contributed by atoms with Gasteiger partial charge in [0.25, 0.3) is 0 Å². The number of thiocarbonyl (C=S) groups is 1. The molecule has 0 spiro atoms. The Balaban J connectivity index is 1.57. The van der Waals surface area contributed by atoms with E-state index in [1.807, 2.05) is 0 Å². The van der Waals surface area contributed by atoms with Crippen molar-refractivity contribution in [3.8, 4) is 0 Å². The molecule has 3 heteroatoms. The first-order chi connectivity index (χ1) is 12.5. The van der Waals surface area contributed by atoms with E-state index in [1.54, 1.807) is 0 Å². The molecule has 0 radical (unpaired) electrons. The van der Waals surface area contributed by atoms with E-state index in [-0.39, 0.29) is 15.7 Å². The van der Waals surface area contributed by atoms with Gasteiger partial charge in [-0.1, -0.05) is 72.9 Å². The van der Waals surface area contributed by atoms with E-state index in [2.05, 4.69) is 60.7 Å². The van der Waals surface area contributed by atoms with Gasteiger partial charge in [0.05, 0.1) is 9.86 Å². The largest absolute Gasteiger partial charge is 0.393 e. The lowest BCUT2D eigenvalue weighted by Crippen LogP contribution is -2.45. The molecule has 4 aliphatic rings. The van der Waals surface area contributed by atoms with E-state index < -0.39 is 0 Å². The minimum absolute atomic E-state index is 0.0649. The SMILES string of the molecule is NC(=S)C12C[C@@H]3CC(c4ccccc4)(CC1C3(Cl)Cc1ccccc1)C2. The molecule has 134 valence electrons. The average molecular weight is 382 g/mol. The highest BCUT2D eigenvalue weighted by molar-refractivity contribution is 7.80. The fraction of sp³-hybridized carbons (Fsp3) is 0.435. The molecule has 0 aromatic heterocycles. The van der Waals surface area contributed by atoms with Crippen LogP contribution in [-0.4, -0.2) is 9.86 Å². The van der Waals surface area contributed by atoms with Gasteiger partial charge < -0.3 is 5.73 Å². The lowest BCUT2D eigenvalue weighted by molar-refractivity contribution is 0.180. The third kappa shape index (κ3) is 2.12. The van der Waals surface area contributed by atoms with Gasteiger partial charge in [0.1, 0.15) is 0 Å². The molecule has 5 atom stereocenters. The van der Waals surface area contributed by atoms with Crippen LogP contribution < -0.4 is 5.73 Å². The topological polar surface area (TPSA) is 26.0 Å². The first-order valence-electron chi connectivity index (χ1n) is 9.57. The molecule has 4 aliphatic carbocycles. The smallest absolute Gasteiger partial charge is 0.0793 e. The van der Waals surface area contributed by atoms with Crippen molar-refractivity contribution in [3.63, 3.8) is 0 Å². The molecule has 2 aromatic carbocycles. The summed E-state index contributed by atoms with van der Waals surface area (Å²) in [6, 6.07) is 21.7. The predicted molar refractivity (Wildman–Crippen MR) is 112 cm³/mol. The Kier molecular flexibility index (Phi) is 3.59. The zero-order valence-electron chi connectivity index (χ0n) is 14.8. The van der Waals surface area contributed by atoms with Gasteiger partial charge in [-0.2, -0.15) is 0 Å². The van der Waals surface area contributed by atoms with Crippen LogP contribution in [0.4, 0.5) is 0 Å². The molecular weight excluding hydrogens is 358 g/mol. The Morgan fingerprint density at radius 3 is 2.31 bits per heavy atom. The minimum atomic E-state index is -0.223. The highest BCUT2D eigenvalue weighted by atomic mass is 35.5. The van der Waals surface area contributed by atoms with Crippen molar-refractivity contribution in [2.24, 2.45) is 23.0 Å². The molecule has 26 heavy (non-hydrogen) atoms. The summed E-state index contributed by atoms with van der Waals surface area (Å²) in [6.45, 7) is 0. The summed E-state index contributed by atoms with van der Waals surface area (Å²) < 4.78 is 0. The highest BCUT2D eigenvalue weighted by Crippen LogP contribution is 2.75. The van der Waals surface area contributed by atoms with Crippen molar-refractivity contribution in [1.82, 2.24) is 0 Å². The van der Waals surface area contributed by atoms with Gasteiger partial charge in [-0.3, -0.25) is 0 Å². The number of hydrogen-bond donors (Lipinski definition) is 1. The minimum Gasteiger partial charge on any atom is -0.393 e. The molecule has 4 bridgehead atoms. The third-order valence-corrected chi connectivity index (χ3v) is 8.73. The van der Waals surface area contributed by atoms with Crippen molar-refractivity contribution in [2.45, 2.75) is 42.4 Å². The lowest BCUT2D eigenvalue weighted by Gasteiger charge is -2.46. The van der Waals surface area contributed by atoms with Gasteiger partial charge in [-0.05, 0) is 60.5 Å². The van der Waals surface area contributed by atoms with E-state index in [0.717, 1.165) is 32.1 Å². The van der Waals surface area contributed by atoms with Crippen LogP contribution >= 0.6 is 23.8 Å². The van der Waals surface area contributed by atoms with Gasteiger partial charge in [0.2, 0.25) is 0 Å². The summed E-state index contributed by atoms with van der Waals surface area (Å²) in [5.74, 6) is 0.840. The molecule has 0 saturated heterocycles. The second kappa shape index (κ2) is 5.56. The molecule has 4 fully saturated rings. The maximum Gasteiger partial charge on any atom is 0.0793 e. The van der Waals surface area contributed by atoms with Crippen molar-refractivity contribution in [1.29, 1.82) is 0 Å². The molecule has 0 amide bonds. The van der Waals surface area contributed by atoms with Crippen LogP contribution in [0.1, 0.15) is 36.8 Å². The van der Waals surface area contributed by atoms with E-state index in [1.165, 1.54) is 11.1 Å². The van der Waals surface area contributed by atoms with Gasteiger partial charge in [-0.25, -0.2) is 0 Å². The number of alkyl halides is 1. The third-order valence-electron chi connectivity index (χ3n) is 7.62. The van der Waals surface area contributed by atoms with Gasteiger partial charge >= 0.3 is 0 Å². The van der Waals surface area contributed by atoms with Crippen molar-refractivity contribution in [3.05, 3.63) is 71.8 Å². The molecule has 2 N–H and O–H groups in total. The predicted octanol–water partition coefficient (Wildman–Crippen LogP) is 5.25. The first-order valence-corrected chi connectivity index (χ1v) is 10.4. The number of rotatable bonds is 4. The van der Waals surface area contributed by atoms with E-state index in [0.29, 0.717) is 16.8 Å². The fourth-order valence-electron chi connectivity index (χ4n) is 6.66.